The van der Waals surface area contributed by atoms with Crippen LogP contribution in [0.1, 0.15) is 41.3 Å². The molecule has 0 aliphatic carbocycles. The number of carbonyl (C=O) groups excluding carboxylic acids is 1. The zero-order chi connectivity index (χ0) is 19.9. The summed E-state index contributed by atoms with van der Waals surface area (Å²) < 4.78 is 4.77. The van der Waals surface area contributed by atoms with Crippen LogP contribution in [-0.4, -0.2) is 23.8 Å². The van der Waals surface area contributed by atoms with E-state index in [1.54, 1.807) is 24.4 Å². The van der Waals surface area contributed by atoms with Crippen molar-refractivity contribution in [3.8, 4) is 11.8 Å². The Balaban J connectivity index is 2.02. The Morgan fingerprint density at radius 2 is 1.93 bits per heavy atom. The van der Waals surface area contributed by atoms with E-state index in [1.807, 2.05) is 30.5 Å². The fourth-order valence-corrected chi connectivity index (χ4v) is 2.77. The number of nitrogens with two attached hydrogens (primary N) is 1. The fourth-order valence-electron chi connectivity index (χ4n) is 2.77. The molecule has 3 rings (SSSR count). The average molecular weight is 371 g/mol. The van der Waals surface area contributed by atoms with Gasteiger partial charge in [-0.05, 0) is 44.0 Å². The molecule has 1 aliphatic rings. The first-order valence-corrected chi connectivity index (χ1v) is 8.93. The van der Waals surface area contributed by atoms with Gasteiger partial charge in [0.1, 0.15) is 5.82 Å². The summed E-state index contributed by atoms with van der Waals surface area (Å²) in [5, 5.41) is 0. The van der Waals surface area contributed by atoms with Gasteiger partial charge in [-0.1, -0.05) is 35.6 Å². The Labute approximate surface area is 164 Å². The largest absolute Gasteiger partial charge is 0.465 e. The van der Waals surface area contributed by atoms with Gasteiger partial charge in [0.2, 0.25) is 0 Å². The SMILES string of the molecule is COC(=O)c1ccc(C2=NC=CCCC(C)=C2C#Cc2ccc(N)nc2)cc1. The summed E-state index contributed by atoms with van der Waals surface area (Å²) >= 11 is 0. The number of nitrogen functional groups attached to an aromatic ring is 1. The van der Waals surface area contributed by atoms with Crippen molar-refractivity contribution in [3.05, 3.63) is 82.7 Å². The van der Waals surface area contributed by atoms with Gasteiger partial charge >= 0.3 is 5.97 Å². The second-order valence-electron chi connectivity index (χ2n) is 6.35. The molecule has 5 nitrogen and oxygen atoms in total. The van der Waals surface area contributed by atoms with Crippen LogP contribution in [0.2, 0.25) is 0 Å². The van der Waals surface area contributed by atoms with Crippen LogP contribution < -0.4 is 5.73 Å². The average Bonchev–Trinajstić information content (AvgIpc) is 2.71. The molecule has 0 saturated carbocycles. The van der Waals surface area contributed by atoms with Gasteiger partial charge in [0, 0.05) is 23.5 Å². The van der Waals surface area contributed by atoms with Crippen LogP contribution in [0.15, 0.2) is 71.0 Å². The van der Waals surface area contributed by atoms with E-state index >= 15 is 0 Å². The summed E-state index contributed by atoms with van der Waals surface area (Å²) in [7, 11) is 1.37. The first kappa shape index (κ1) is 19.1. The molecule has 2 aromatic rings. The number of allylic oxidation sites excluding steroid dienone is 3. The monoisotopic (exact) mass is 371 g/mol. The second-order valence-corrected chi connectivity index (χ2v) is 6.35. The maximum atomic E-state index is 11.7. The number of rotatable bonds is 2. The molecule has 28 heavy (non-hydrogen) atoms. The smallest absolute Gasteiger partial charge is 0.337 e. The maximum absolute atomic E-state index is 11.7. The zero-order valence-corrected chi connectivity index (χ0v) is 15.9. The lowest BCUT2D eigenvalue weighted by molar-refractivity contribution is 0.0600. The first-order valence-electron chi connectivity index (χ1n) is 8.93. The van der Waals surface area contributed by atoms with Crippen molar-refractivity contribution in [1.29, 1.82) is 0 Å². The van der Waals surface area contributed by atoms with E-state index in [2.05, 4.69) is 28.7 Å². The lowest BCUT2D eigenvalue weighted by Crippen LogP contribution is -2.08. The van der Waals surface area contributed by atoms with Crippen LogP contribution in [0.3, 0.4) is 0 Å². The number of ether oxygens (including phenoxy) is 1. The predicted octanol–water partition coefficient (Wildman–Crippen LogP) is 3.92. The lowest BCUT2D eigenvalue weighted by atomic mass is 9.94. The summed E-state index contributed by atoms with van der Waals surface area (Å²) in [5.41, 5.74) is 10.6. The van der Waals surface area contributed by atoms with E-state index in [4.69, 9.17) is 10.5 Å². The minimum absolute atomic E-state index is 0.367. The molecule has 0 radical (unpaired) electrons. The molecule has 2 N–H and O–H groups in total. The second kappa shape index (κ2) is 8.83. The molecule has 1 aromatic heterocycles. The standard InChI is InChI=1S/C23H21N3O2/c1-16-5-3-4-14-25-22(18-8-10-19(11-9-18)23(27)28-2)20(16)12-6-17-7-13-21(24)26-15-17/h4,7-11,13-15H,3,5H2,1-2H3,(H2,24,26). The third-order valence-corrected chi connectivity index (χ3v) is 4.36. The number of nitrogens with zero attached hydrogens (tertiary/aromatic N) is 2. The maximum Gasteiger partial charge on any atom is 0.337 e. The van der Waals surface area contributed by atoms with Crippen molar-refractivity contribution in [2.75, 3.05) is 12.8 Å². The number of carbonyl (C=O) groups is 1. The minimum Gasteiger partial charge on any atom is -0.465 e. The zero-order valence-electron chi connectivity index (χ0n) is 15.9. The van der Waals surface area contributed by atoms with E-state index < -0.39 is 0 Å². The van der Waals surface area contributed by atoms with Gasteiger partial charge < -0.3 is 10.5 Å². The Morgan fingerprint density at radius 1 is 1.14 bits per heavy atom. The molecule has 0 unspecified atom stereocenters. The summed E-state index contributed by atoms with van der Waals surface area (Å²) in [6, 6.07) is 10.8. The molecule has 0 spiro atoms. The van der Waals surface area contributed by atoms with E-state index in [0.717, 1.165) is 40.8 Å². The van der Waals surface area contributed by atoms with Crippen molar-refractivity contribution in [3.63, 3.8) is 0 Å². The van der Waals surface area contributed by atoms with Crippen molar-refractivity contribution in [1.82, 2.24) is 4.98 Å². The highest BCUT2D eigenvalue weighted by Crippen LogP contribution is 2.20. The number of aliphatic imine (C=N–C) groups is 1. The number of hydrogen-bond donors (Lipinski definition) is 1. The lowest BCUT2D eigenvalue weighted by Gasteiger charge is -2.12. The highest BCUT2D eigenvalue weighted by Gasteiger charge is 2.14. The molecule has 1 aliphatic heterocycles. The molecule has 1 aromatic carbocycles. The number of hydrogen-bond acceptors (Lipinski definition) is 5. The van der Waals surface area contributed by atoms with Crippen molar-refractivity contribution >= 4 is 17.5 Å². The number of anilines is 1. The van der Waals surface area contributed by atoms with E-state index in [0.29, 0.717) is 11.4 Å². The van der Waals surface area contributed by atoms with E-state index in [-0.39, 0.29) is 5.97 Å². The normalized spacial score (nSPS) is 13.7. The van der Waals surface area contributed by atoms with Gasteiger partial charge in [0.25, 0.3) is 0 Å². The molecular formula is C23H21N3O2. The molecular weight excluding hydrogens is 350 g/mol. The van der Waals surface area contributed by atoms with Crippen LogP contribution in [0.25, 0.3) is 0 Å². The van der Waals surface area contributed by atoms with Crippen molar-refractivity contribution in [2.24, 2.45) is 4.99 Å². The topological polar surface area (TPSA) is 77.6 Å². The minimum atomic E-state index is -0.367. The van der Waals surface area contributed by atoms with Crippen molar-refractivity contribution < 1.29 is 9.53 Å². The fraction of sp³-hybridized carbons (Fsp3) is 0.174. The molecule has 140 valence electrons. The molecule has 0 atom stereocenters. The van der Waals surface area contributed by atoms with Gasteiger partial charge in [-0.15, -0.1) is 0 Å². The molecule has 0 bridgehead atoms. The predicted molar refractivity (Wildman–Crippen MR) is 111 cm³/mol. The van der Waals surface area contributed by atoms with Gasteiger partial charge in [-0.3, -0.25) is 4.99 Å². The van der Waals surface area contributed by atoms with Crippen molar-refractivity contribution in [2.45, 2.75) is 19.8 Å². The Hall–Kier alpha value is -3.65. The number of benzene rings is 1. The van der Waals surface area contributed by atoms with Crippen LogP contribution in [0.5, 0.6) is 0 Å². The third-order valence-electron chi connectivity index (χ3n) is 4.36. The number of methoxy groups -OCH3 is 1. The van der Waals surface area contributed by atoms with Gasteiger partial charge in [0.15, 0.2) is 0 Å². The summed E-state index contributed by atoms with van der Waals surface area (Å²) in [6.45, 7) is 2.07. The van der Waals surface area contributed by atoms with Gasteiger partial charge in [-0.25, -0.2) is 9.78 Å². The Morgan fingerprint density at radius 3 is 2.61 bits per heavy atom. The van der Waals surface area contributed by atoms with E-state index in [1.165, 1.54) is 7.11 Å². The van der Waals surface area contributed by atoms with Crippen LogP contribution in [0.4, 0.5) is 5.82 Å². The highest BCUT2D eigenvalue weighted by atomic mass is 16.5. The molecule has 0 fully saturated rings. The van der Waals surface area contributed by atoms with Gasteiger partial charge in [-0.2, -0.15) is 0 Å². The highest BCUT2D eigenvalue weighted by molar-refractivity contribution is 6.16. The van der Waals surface area contributed by atoms with E-state index in [9.17, 15) is 4.79 Å². The summed E-state index contributed by atoms with van der Waals surface area (Å²) in [6.07, 6.45) is 7.32. The van der Waals surface area contributed by atoms with Crippen LogP contribution >= 0.6 is 0 Å². The molecule has 5 heteroatoms. The first-order chi connectivity index (χ1) is 13.6. The Bertz CT molecular complexity index is 1020. The quantitative estimate of drug-likeness (QED) is 0.641. The van der Waals surface area contributed by atoms with Gasteiger partial charge in [0.05, 0.1) is 24.0 Å². The molecule has 2 heterocycles. The van der Waals surface area contributed by atoms with Crippen LogP contribution in [-0.2, 0) is 4.74 Å². The molecule has 0 amide bonds. The summed E-state index contributed by atoms with van der Waals surface area (Å²) in [5.74, 6) is 6.51. The third kappa shape index (κ3) is 4.54. The number of esters is 1. The Kier molecular flexibility index (Phi) is 6.03. The number of aromatic nitrogens is 1. The number of pyridine rings is 1. The summed E-state index contributed by atoms with van der Waals surface area (Å²) in [4.78, 5) is 20.4. The van der Waals surface area contributed by atoms with Crippen LogP contribution in [0, 0.1) is 11.8 Å². The molecule has 0 saturated heterocycles.